The molecule has 0 unspecified atom stereocenters. The number of carbonyl (C=O) groups is 2. The molecule has 21 heavy (non-hydrogen) atoms. The molecule has 4 rings (SSSR count). The van der Waals surface area contributed by atoms with Crippen molar-refractivity contribution in [3.63, 3.8) is 0 Å². The molecule has 4 bridgehead atoms. The maximum atomic E-state index is 12.5. The van der Waals surface area contributed by atoms with Crippen molar-refractivity contribution in [2.75, 3.05) is 13.2 Å². The molecule has 118 valence electrons. The van der Waals surface area contributed by atoms with Crippen LogP contribution >= 0.6 is 0 Å². The van der Waals surface area contributed by atoms with Gasteiger partial charge in [-0.15, -0.1) is 0 Å². The molecule has 0 aromatic carbocycles. The molecule has 4 fully saturated rings. The van der Waals surface area contributed by atoms with Gasteiger partial charge in [0.2, 0.25) is 0 Å². The van der Waals surface area contributed by atoms with Crippen LogP contribution in [0.5, 0.6) is 0 Å². The lowest BCUT2D eigenvalue weighted by Gasteiger charge is -2.58. The van der Waals surface area contributed by atoms with Crippen LogP contribution in [0.2, 0.25) is 0 Å². The summed E-state index contributed by atoms with van der Waals surface area (Å²) in [7, 11) is 0. The maximum absolute atomic E-state index is 12.5. The highest BCUT2D eigenvalue weighted by atomic mass is 16.5. The molecule has 0 spiro atoms. The van der Waals surface area contributed by atoms with Crippen LogP contribution < -0.4 is 5.32 Å². The molecule has 5 heteroatoms. The van der Waals surface area contributed by atoms with Crippen LogP contribution in [0.4, 0.5) is 0 Å². The number of rotatable bonds is 5. The average molecular weight is 295 g/mol. The fourth-order valence-corrected chi connectivity index (χ4v) is 5.05. The molecular formula is C16H25NO4. The summed E-state index contributed by atoms with van der Waals surface area (Å²) < 4.78 is 5.27. The van der Waals surface area contributed by atoms with Crippen LogP contribution in [0.25, 0.3) is 0 Å². The summed E-state index contributed by atoms with van der Waals surface area (Å²) in [5.74, 6) is 0.366. The first-order valence-corrected chi connectivity index (χ1v) is 8.11. The van der Waals surface area contributed by atoms with Gasteiger partial charge in [-0.2, -0.15) is 0 Å². The van der Waals surface area contributed by atoms with Crippen molar-refractivity contribution in [1.29, 1.82) is 0 Å². The van der Waals surface area contributed by atoms with Crippen LogP contribution in [0.3, 0.4) is 0 Å². The van der Waals surface area contributed by atoms with Crippen LogP contribution in [-0.4, -0.2) is 35.7 Å². The Morgan fingerprint density at radius 3 is 2.48 bits per heavy atom. The Morgan fingerprint density at radius 2 is 1.90 bits per heavy atom. The van der Waals surface area contributed by atoms with Crippen molar-refractivity contribution >= 4 is 11.9 Å². The monoisotopic (exact) mass is 295 g/mol. The lowest BCUT2D eigenvalue weighted by Crippen LogP contribution is -2.58. The zero-order chi connectivity index (χ0) is 15.1. The van der Waals surface area contributed by atoms with Gasteiger partial charge >= 0.3 is 5.97 Å². The molecule has 0 aromatic heterocycles. The second kappa shape index (κ2) is 5.27. The summed E-state index contributed by atoms with van der Waals surface area (Å²) in [4.78, 5) is 24.1. The summed E-state index contributed by atoms with van der Waals surface area (Å²) in [5, 5.41) is 13.3. The Hall–Kier alpha value is -1.10. The zero-order valence-electron chi connectivity index (χ0n) is 12.7. The van der Waals surface area contributed by atoms with Gasteiger partial charge < -0.3 is 15.2 Å². The van der Waals surface area contributed by atoms with E-state index in [-0.39, 0.29) is 18.5 Å². The average Bonchev–Trinajstić information content (AvgIpc) is 2.39. The number of amides is 1. The Labute approximate surface area is 125 Å². The summed E-state index contributed by atoms with van der Waals surface area (Å²) in [6.07, 6.45) is 5.81. The van der Waals surface area contributed by atoms with Gasteiger partial charge in [-0.3, -0.25) is 9.59 Å². The molecule has 0 aliphatic heterocycles. The van der Waals surface area contributed by atoms with Crippen LogP contribution in [0.1, 0.15) is 51.9 Å². The molecule has 2 N–H and O–H groups in total. The van der Waals surface area contributed by atoms with E-state index in [2.05, 4.69) is 5.32 Å². The highest BCUT2D eigenvalue weighted by Crippen LogP contribution is 2.61. The third kappa shape index (κ3) is 2.80. The molecule has 4 aliphatic rings. The van der Waals surface area contributed by atoms with Crippen molar-refractivity contribution in [2.45, 2.75) is 57.5 Å². The minimum atomic E-state index is -0.673. The van der Waals surface area contributed by atoms with Gasteiger partial charge in [0.25, 0.3) is 5.91 Å². The van der Waals surface area contributed by atoms with Crippen molar-refractivity contribution in [3.05, 3.63) is 0 Å². The number of esters is 1. The second-order valence-corrected chi connectivity index (χ2v) is 7.39. The minimum absolute atomic E-state index is 0.200. The van der Waals surface area contributed by atoms with Gasteiger partial charge in [0.1, 0.15) is 0 Å². The third-order valence-electron chi connectivity index (χ3n) is 5.37. The molecule has 4 saturated carbocycles. The Balaban J connectivity index is 1.61. The molecule has 2 atom stereocenters. The SMILES string of the molecule is CCCNC(=O)COC(=O)C12C[C@@H]3C[C@H](CC(O)(C3)C1)C2. The Bertz CT molecular complexity index is 434. The van der Waals surface area contributed by atoms with E-state index in [1.165, 1.54) is 0 Å². The van der Waals surface area contributed by atoms with Gasteiger partial charge in [0.05, 0.1) is 11.0 Å². The third-order valence-corrected chi connectivity index (χ3v) is 5.37. The first kappa shape index (κ1) is 14.8. The van der Waals surface area contributed by atoms with Gasteiger partial charge in [-0.25, -0.2) is 0 Å². The standard InChI is InChI=1S/C16H25NO4/c1-2-3-17-13(18)9-21-14(19)15-5-11-4-12(6-15)8-16(20,7-11)10-15/h11-12,20H,2-10H2,1H3,(H,17,18)/t11-,12-,15?,16?/m0/s1. The number of carbonyl (C=O) groups excluding carboxylic acids is 2. The van der Waals surface area contributed by atoms with Gasteiger partial charge in [-0.1, -0.05) is 6.92 Å². The molecule has 0 saturated heterocycles. The second-order valence-electron chi connectivity index (χ2n) is 7.39. The summed E-state index contributed by atoms with van der Waals surface area (Å²) >= 11 is 0. The van der Waals surface area contributed by atoms with Gasteiger partial charge in [-0.05, 0) is 56.8 Å². The maximum Gasteiger partial charge on any atom is 0.312 e. The van der Waals surface area contributed by atoms with E-state index in [0.29, 0.717) is 24.8 Å². The summed E-state index contributed by atoms with van der Waals surface area (Å²) in [6.45, 7) is 2.38. The number of hydrogen-bond acceptors (Lipinski definition) is 4. The predicted octanol–water partition coefficient (Wildman–Crippen LogP) is 1.39. The van der Waals surface area contributed by atoms with Gasteiger partial charge in [0, 0.05) is 6.54 Å². The molecule has 0 heterocycles. The van der Waals surface area contributed by atoms with E-state index < -0.39 is 11.0 Å². The van der Waals surface area contributed by atoms with E-state index >= 15 is 0 Å². The topological polar surface area (TPSA) is 75.6 Å². The van der Waals surface area contributed by atoms with E-state index in [0.717, 1.165) is 38.5 Å². The summed E-state index contributed by atoms with van der Waals surface area (Å²) in [5.41, 5.74) is -1.21. The fraction of sp³-hybridized carbons (Fsp3) is 0.875. The normalized spacial score (nSPS) is 40.1. The highest BCUT2D eigenvalue weighted by molar-refractivity contribution is 5.83. The lowest BCUT2D eigenvalue weighted by molar-refractivity contribution is -0.196. The number of nitrogens with one attached hydrogen (secondary N) is 1. The van der Waals surface area contributed by atoms with Crippen LogP contribution in [0.15, 0.2) is 0 Å². The van der Waals surface area contributed by atoms with Crippen LogP contribution in [0, 0.1) is 17.3 Å². The van der Waals surface area contributed by atoms with Crippen molar-refractivity contribution in [2.24, 2.45) is 17.3 Å². The minimum Gasteiger partial charge on any atom is -0.455 e. The fourth-order valence-electron chi connectivity index (χ4n) is 5.05. The van der Waals surface area contributed by atoms with Crippen molar-refractivity contribution in [3.8, 4) is 0 Å². The van der Waals surface area contributed by atoms with E-state index in [1.807, 2.05) is 6.92 Å². The number of ether oxygens (including phenoxy) is 1. The molecule has 5 nitrogen and oxygen atoms in total. The van der Waals surface area contributed by atoms with Crippen molar-refractivity contribution in [1.82, 2.24) is 5.32 Å². The number of hydrogen-bond donors (Lipinski definition) is 2. The molecule has 0 radical (unpaired) electrons. The van der Waals surface area contributed by atoms with E-state index in [1.54, 1.807) is 0 Å². The highest BCUT2D eigenvalue weighted by Gasteiger charge is 2.60. The molecule has 1 amide bonds. The quantitative estimate of drug-likeness (QED) is 0.752. The van der Waals surface area contributed by atoms with Gasteiger partial charge in [0.15, 0.2) is 6.61 Å². The Kier molecular flexibility index (Phi) is 3.72. The predicted molar refractivity (Wildman–Crippen MR) is 76.3 cm³/mol. The molecule has 4 aliphatic carbocycles. The van der Waals surface area contributed by atoms with E-state index in [9.17, 15) is 14.7 Å². The molecular weight excluding hydrogens is 270 g/mol. The number of aliphatic hydroxyl groups is 1. The Morgan fingerprint density at radius 1 is 1.24 bits per heavy atom. The smallest absolute Gasteiger partial charge is 0.312 e. The lowest BCUT2D eigenvalue weighted by atomic mass is 9.48. The first-order chi connectivity index (χ1) is 9.95. The molecule has 0 aromatic rings. The summed E-state index contributed by atoms with van der Waals surface area (Å²) in [6, 6.07) is 0. The van der Waals surface area contributed by atoms with Crippen molar-refractivity contribution < 1.29 is 19.4 Å². The largest absolute Gasteiger partial charge is 0.455 e. The van der Waals surface area contributed by atoms with E-state index in [4.69, 9.17) is 4.74 Å². The first-order valence-electron chi connectivity index (χ1n) is 8.11. The van der Waals surface area contributed by atoms with Crippen LogP contribution in [-0.2, 0) is 14.3 Å². The zero-order valence-corrected chi connectivity index (χ0v) is 12.7.